The number of likely N-dealkylation sites (tertiary alicyclic amines) is 1. The molecule has 1 aromatic carbocycles. The first-order chi connectivity index (χ1) is 10.3. The zero-order valence-corrected chi connectivity index (χ0v) is 12.4. The van der Waals surface area contributed by atoms with Crippen LogP contribution in [0.2, 0.25) is 0 Å². The predicted octanol–water partition coefficient (Wildman–Crippen LogP) is 2.87. The van der Waals surface area contributed by atoms with Crippen LogP contribution in [0, 0.1) is 0 Å². The Labute approximate surface area is 126 Å². The Hall–Kier alpha value is -1.55. The SMILES string of the molecule is O=C(c1ccc(OCC2CCCO2)cc1)N1CCCCC1. The zero-order valence-electron chi connectivity index (χ0n) is 12.4. The van der Waals surface area contributed by atoms with E-state index in [1.54, 1.807) is 0 Å². The lowest BCUT2D eigenvalue weighted by Gasteiger charge is -2.26. The van der Waals surface area contributed by atoms with E-state index in [2.05, 4.69) is 0 Å². The van der Waals surface area contributed by atoms with E-state index in [1.165, 1.54) is 6.42 Å². The Balaban J connectivity index is 1.54. The molecule has 2 saturated heterocycles. The van der Waals surface area contributed by atoms with Crippen molar-refractivity contribution in [2.24, 2.45) is 0 Å². The molecule has 4 heteroatoms. The lowest BCUT2D eigenvalue weighted by molar-refractivity contribution is 0.0678. The molecule has 21 heavy (non-hydrogen) atoms. The molecule has 0 aromatic heterocycles. The number of ether oxygens (including phenoxy) is 2. The Kier molecular flexibility index (Phi) is 4.76. The maximum Gasteiger partial charge on any atom is 0.253 e. The molecular formula is C17H23NO3. The van der Waals surface area contributed by atoms with Gasteiger partial charge in [0.1, 0.15) is 12.4 Å². The molecule has 4 nitrogen and oxygen atoms in total. The molecule has 1 amide bonds. The fourth-order valence-electron chi connectivity index (χ4n) is 2.94. The highest BCUT2D eigenvalue weighted by atomic mass is 16.5. The average Bonchev–Trinajstić information content (AvgIpc) is 3.07. The van der Waals surface area contributed by atoms with Gasteiger partial charge < -0.3 is 14.4 Å². The van der Waals surface area contributed by atoms with Crippen LogP contribution in [-0.2, 0) is 4.74 Å². The maximum atomic E-state index is 12.3. The fraction of sp³-hybridized carbons (Fsp3) is 0.588. The number of hydrogen-bond donors (Lipinski definition) is 0. The van der Waals surface area contributed by atoms with E-state index >= 15 is 0 Å². The van der Waals surface area contributed by atoms with E-state index in [9.17, 15) is 4.79 Å². The van der Waals surface area contributed by atoms with Crippen LogP contribution in [0.5, 0.6) is 5.75 Å². The van der Waals surface area contributed by atoms with Crippen molar-refractivity contribution in [2.45, 2.75) is 38.2 Å². The number of piperidine rings is 1. The van der Waals surface area contributed by atoms with Crippen molar-refractivity contribution >= 4 is 5.91 Å². The van der Waals surface area contributed by atoms with Crippen molar-refractivity contribution in [3.63, 3.8) is 0 Å². The lowest BCUT2D eigenvalue weighted by atomic mass is 10.1. The monoisotopic (exact) mass is 289 g/mol. The number of amides is 1. The van der Waals surface area contributed by atoms with E-state index in [-0.39, 0.29) is 12.0 Å². The van der Waals surface area contributed by atoms with Crippen LogP contribution in [0.15, 0.2) is 24.3 Å². The second-order valence-electron chi connectivity index (χ2n) is 5.82. The summed E-state index contributed by atoms with van der Waals surface area (Å²) in [6.07, 6.45) is 5.89. The van der Waals surface area contributed by atoms with Crippen molar-refractivity contribution in [3.8, 4) is 5.75 Å². The number of carbonyl (C=O) groups is 1. The summed E-state index contributed by atoms with van der Waals surface area (Å²) in [6, 6.07) is 7.49. The minimum Gasteiger partial charge on any atom is -0.491 e. The Morgan fingerprint density at radius 2 is 1.90 bits per heavy atom. The molecule has 2 heterocycles. The van der Waals surface area contributed by atoms with Crippen LogP contribution in [0.4, 0.5) is 0 Å². The first-order valence-corrected chi connectivity index (χ1v) is 7.97. The van der Waals surface area contributed by atoms with Gasteiger partial charge in [0.05, 0.1) is 6.10 Å². The molecule has 114 valence electrons. The van der Waals surface area contributed by atoms with Gasteiger partial charge in [-0.2, -0.15) is 0 Å². The fourth-order valence-corrected chi connectivity index (χ4v) is 2.94. The molecule has 0 bridgehead atoms. The summed E-state index contributed by atoms with van der Waals surface area (Å²) in [5.41, 5.74) is 0.751. The lowest BCUT2D eigenvalue weighted by Crippen LogP contribution is -2.35. The predicted molar refractivity (Wildman–Crippen MR) is 80.7 cm³/mol. The molecule has 2 fully saturated rings. The topological polar surface area (TPSA) is 38.8 Å². The smallest absolute Gasteiger partial charge is 0.253 e. The van der Waals surface area contributed by atoms with Crippen LogP contribution < -0.4 is 4.74 Å². The van der Waals surface area contributed by atoms with E-state index < -0.39 is 0 Å². The number of rotatable bonds is 4. The minimum absolute atomic E-state index is 0.139. The maximum absolute atomic E-state index is 12.3. The Morgan fingerprint density at radius 3 is 2.57 bits per heavy atom. The third-order valence-electron chi connectivity index (χ3n) is 4.20. The van der Waals surface area contributed by atoms with Crippen molar-refractivity contribution in [3.05, 3.63) is 29.8 Å². The van der Waals surface area contributed by atoms with Gasteiger partial charge in [-0.1, -0.05) is 0 Å². The van der Waals surface area contributed by atoms with E-state index in [0.717, 1.165) is 56.7 Å². The van der Waals surface area contributed by atoms with Crippen LogP contribution in [0.1, 0.15) is 42.5 Å². The molecule has 1 aromatic rings. The van der Waals surface area contributed by atoms with Crippen LogP contribution in [0.3, 0.4) is 0 Å². The van der Waals surface area contributed by atoms with Crippen LogP contribution in [0.25, 0.3) is 0 Å². The number of hydrogen-bond acceptors (Lipinski definition) is 3. The van der Waals surface area contributed by atoms with Gasteiger partial charge in [0, 0.05) is 25.3 Å². The molecule has 0 N–H and O–H groups in total. The van der Waals surface area contributed by atoms with Crippen LogP contribution >= 0.6 is 0 Å². The molecular weight excluding hydrogens is 266 g/mol. The number of nitrogens with zero attached hydrogens (tertiary/aromatic N) is 1. The Morgan fingerprint density at radius 1 is 1.14 bits per heavy atom. The summed E-state index contributed by atoms with van der Waals surface area (Å²) >= 11 is 0. The second kappa shape index (κ2) is 6.94. The van der Waals surface area contributed by atoms with Crippen molar-refractivity contribution < 1.29 is 14.3 Å². The summed E-state index contributed by atoms with van der Waals surface area (Å²) in [7, 11) is 0. The standard InChI is InChI=1S/C17H23NO3/c19-17(18-10-2-1-3-11-18)14-6-8-15(9-7-14)21-13-16-5-4-12-20-16/h6-9,16H,1-5,10-13H2. The summed E-state index contributed by atoms with van der Waals surface area (Å²) in [5.74, 6) is 0.945. The molecule has 0 aliphatic carbocycles. The number of carbonyl (C=O) groups excluding carboxylic acids is 1. The largest absolute Gasteiger partial charge is 0.491 e. The van der Waals surface area contributed by atoms with Crippen molar-refractivity contribution in [1.82, 2.24) is 4.90 Å². The summed E-state index contributed by atoms with van der Waals surface area (Å²) in [6.45, 7) is 3.21. The molecule has 2 aliphatic rings. The third-order valence-corrected chi connectivity index (χ3v) is 4.20. The highest BCUT2D eigenvalue weighted by molar-refractivity contribution is 5.94. The minimum atomic E-state index is 0.139. The van der Waals surface area contributed by atoms with Gasteiger partial charge in [0.25, 0.3) is 5.91 Å². The van der Waals surface area contributed by atoms with Gasteiger partial charge in [-0.05, 0) is 56.4 Å². The first-order valence-electron chi connectivity index (χ1n) is 7.97. The van der Waals surface area contributed by atoms with Gasteiger partial charge in [0.15, 0.2) is 0 Å². The van der Waals surface area contributed by atoms with E-state index in [1.807, 2.05) is 29.2 Å². The van der Waals surface area contributed by atoms with Gasteiger partial charge in [-0.3, -0.25) is 4.79 Å². The van der Waals surface area contributed by atoms with Crippen molar-refractivity contribution in [2.75, 3.05) is 26.3 Å². The quantitative estimate of drug-likeness (QED) is 0.855. The van der Waals surface area contributed by atoms with Gasteiger partial charge in [0.2, 0.25) is 0 Å². The third kappa shape index (κ3) is 3.76. The molecule has 3 rings (SSSR count). The highest BCUT2D eigenvalue weighted by Gasteiger charge is 2.18. The van der Waals surface area contributed by atoms with Gasteiger partial charge in [-0.15, -0.1) is 0 Å². The summed E-state index contributed by atoms with van der Waals surface area (Å²) in [5, 5.41) is 0. The van der Waals surface area contributed by atoms with E-state index in [4.69, 9.17) is 9.47 Å². The zero-order chi connectivity index (χ0) is 14.5. The van der Waals surface area contributed by atoms with E-state index in [0.29, 0.717) is 6.61 Å². The molecule has 0 spiro atoms. The van der Waals surface area contributed by atoms with Crippen LogP contribution in [-0.4, -0.2) is 43.2 Å². The first kappa shape index (κ1) is 14.4. The van der Waals surface area contributed by atoms with Gasteiger partial charge >= 0.3 is 0 Å². The molecule has 1 atom stereocenters. The highest BCUT2D eigenvalue weighted by Crippen LogP contribution is 2.18. The molecule has 2 aliphatic heterocycles. The molecule has 0 saturated carbocycles. The molecule has 0 radical (unpaired) electrons. The molecule has 1 unspecified atom stereocenters. The number of benzene rings is 1. The second-order valence-corrected chi connectivity index (χ2v) is 5.82. The van der Waals surface area contributed by atoms with Crippen molar-refractivity contribution in [1.29, 1.82) is 0 Å². The average molecular weight is 289 g/mol. The summed E-state index contributed by atoms with van der Waals surface area (Å²) < 4.78 is 11.3. The summed E-state index contributed by atoms with van der Waals surface area (Å²) in [4.78, 5) is 14.3. The normalized spacial score (nSPS) is 22.3. The Bertz CT molecular complexity index is 459. The van der Waals surface area contributed by atoms with Gasteiger partial charge in [-0.25, -0.2) is 0 Å².